The summed E-state index contributed by atoms with van der Waals surface area (Å²) in [4.78, 5) is 33.7. The van der Waals surface area contributed by atoms with E-state index in [4.69, 9.17) is 11.5 Å². The first-order valence-corrected chi connectivity index (χ1v) is 5.93. The smallest absolute Gasteiger partial charge is 0.327 e. The summed E-state index contributed by atoms with van der Waals surface area (Å²) in [5.41, 5.74) is 0. The molecule has 0 aromatic heterocycles. The zero-order valence-electron chi connectivity index (χ0n) is 11.0. The number of carbonyl (C=O) groups is 3. The SMILES string of the molecule is C#CCC(NC(=O)NC(C)C(=O)NCCC)C(=O)O. The Hall–Kier alpha value is -2.23. The van der Waals surface area contributed by atoms with Crippen molar-refractivity contribution >= 4 is 17.9 Å². The van der Waals surface area contributed by atoms with Gasteiger partial charge in [0.1, 0.15) is 12.1 Å². The number of nitrogens with one attached hydrogen (secondary N) is 3. The fraction of sp³-hybridized carbons (Fsp3) is 0.583. The summed E-state index contributed by atoms with van der Waals surface area (Å²) in [7, 11) is 0. The molecule has 0 aliphatic rings. The molecule has 0 heterocycles. The Morgan fingerprint density at radius 2 is 1.95 bits per heavy atom. The standard InChI is InChI=1S/C12H19N3O4/c1-4-6-9(11(17)18)15-12(19)14-8(3)10(16)13-7-5-2/h1,8-9H,5-7H2,2-3H3,(H,13,16)(H,17,18)(H2,14,15,19). The largest absolute Gasteiger partial charge is 0.480 e. The highest BCUT2D eigenvalue weighted by Gasteiger charge is 2.21. The van der Waals surface area contributed by atoms with Crippen molar-refractivity contribution in [3.8, 4) is 12.3 Å². The number of terminal acetylenes is 1. The summed E-state index contributed by atoms with van der Waals surface area (Å²) in [6.45, 7) is 3.92. The Balaban J connectivity index is 4.25. The predicted octanol–water partition coefficient (Wildman–Crippen LogP) is -0.323. The van der Waals surface area contributed by atoms with E-state index in [9.17, 15) is 14.4 Å². The molecule has 0 spiro atoms. The summed E-state index contributed by atoms with van der Waals surface area (Å²) >= 11 is 0. The van der Waals surface area contributed by atoms with Crippen LogP contribution in [0.4, 0.5) is 4.79 Å². The minimum Gasteiger partial charge on any atom is -0.480 e. The van der Waals surface area contributed by atoms with Gasteiger partial charge in [-0.3, -0.25) is 4.79 Å². The minimum absolute atomic E-state index is 0.126. The first-order valence-electron chi connectivity index (χ1n) is 5.93. The average Bonchev–Trinajstić information content (AvgIpc) is 2.34. The molecule has 106 valence electrons. The number of aliphatic carboxylic acids is 1. The number of hydrogen-bond acceptors (Lipinski definition) is 3. The third-order valence-electron chi connectivity index (χ3n) is 2.22. The van der Waals surface area contributed by atoms with Gasteiger partial charge in [0.2, 0.25) is 5.91 Å². The zero-order chi connectivity index (χ0) is 14.8. The molecular weight excluding hydrogens is 250 g/mol. The first kappa shape index (κ1) is 16.8. The van der Waals surface area contributed by atoms with Crippen LogP contribution in [0, 0.1) is 12.3 Å². The molecule has 0 aliphatic carbocycles. The number of amides is 3. The molecule has 0 radical (unpaired) electrons. The highest BCUT2D eigenvalue weighted by molar-refractivity contribution is 5.88. The summed E-state index contributed by atoms with van der Waals surface area (Å²) in [5.74, 6) is 0.598. The van der Waals surface area contributed by atoms with Crippen molar-refractivity contribution in [3.05, 3.63) is 0 Å². The summed E-state index contributed by atoms with van der Waals surface area (Å²) in [6.07, 6.45) is 5.66. The van der Waals surface area contributed by atoms with Crippen LogP contribution in [0.1, 0.15) is 26.7 Å². The van der Waals surface area contributed by atoms with Crippen LogP contribution in [0.3, 0.4) is 0 Å². The highest BCUT2D eigenvalue weighted by Crippen LogP contribution is 1.91. The molecule has 2 unspecified atom stereocenters. The second-order valence-electron chi connectivity index (χ2n) is 3.93. The number of carbonyl (C=O) groups excluding carboxylic acids is 2. The maximum atomic E-state index is 11.5. The minimum atomic E-state index is -1.23. The van der Waals surface area contributed by atoms with E-state index in [0.717, 1.165) is 6.42 Å². The summed E-state index contributed by atoms with van der Waals surface area (Å²) < 4.78 is 0. The van der Waals surface area contributed by atoms with Crippen LogP contribution in [0.25, 0.3) is 0 Å². The maximum Gasteiger partial charge on any atom is 0.327 e. The molecule has 19 heavy (non-hydrogen) atoms. The lowest BCUT2D eigenvalue weighted by Crippen LogP contribution is -2.52. The Morgan fingerprint density at radius 3 is 2.42 bits per heavy atom. The van der Waals surface area contributed by atoms with Crippen molar-refractivity contribution < 1.29 is 19.5 Å². The Kier molecular flexibility index (Phi) is 7.77. The number of hydrogen-bond donors (Lipinski definition) is 4. The van der Waals surface area contributed by atoms with Crippen molar-refractivity contribution in [2.75, 3.05) is 6.54 Å². The quantitative estimate of drug-likeness (QED) is 0.475. The molecule has 0 aliphatic heterocycles. The van der Waals surface area contributed by atoms with Gasteiger partial charge in [-0.1, -0.05) is 6.92 Å². The molecule has 0 saturated heterocycles. The second kappa shape index (κ2) is 8.80. The van der Waals surface area contributed by atoms with Gasteiger partial charge >= 0.3 is 12.0 Å². The zero-order valence-corrected chi connectivity index (χ0v) is 11.0. The van der Waals surface area contributed by atoms with Crippen molar-refractivity contribution in [2.45, 2.75) is 38.8 Å². The third-order valence-corrected chi connectivity index (χ3v) is 2.22. The fourth-order valence-electron chi connectivity index (χ4n) is 1.18. The van der Waals surface area contributed by atoms with Crippen LogP contribution in [0.15, 0.2) is 0 Å². The number of urea groups is 1. The van der Waals surface area contributed by atoms with E-state index >= 15 is 0 Å². The van der Waals surface area contributed by atoms with E-state index in [0.29, 0.717) is 6.54 Å². The van der Waals surface area contributed by atoms with Gasteiger partial charge in [0.05, 0.1) is 0 Å². The fourth-order valence-corrected chi connectivity index (χ4v) is 1.18. The van der Waals surface area contributed by atoms with Crippen LogP contribution < -0.4 is 16.0 Å². The van der Waals surface area contributed by atoms with Gasteiger partial charge in [0.25, 0.3) is 0 Å². The Morgan fingerprint density at radius 1 is 1.32 bits per heavy atom. The van der Waals surface area contributed by atoms with Crippen LogP contribution in [0.2, 0.25) is 0 Å². The van der Waals surface area contributed by atoms with Crippen molar-refractivity contribution in [1.82, 2.24) is 16.0 Å². The molecule has 7 heteroatoms. The molecule has 0 saturated carbocycles. The lowest BCUT2D eigenvalue weighted by molar-refractivity contribution is -0.139. The molecule has 3 amide bonds. The number of carboxylic acids is 1. The summed E-state index contributed by atoms with van der Waals surface area (Å²) in [6, 6.07) is -2.68. The molecule has 7 nitrogen and oxygen atoms in total. The van der Waals surface area contributed by atoms with Gasteiger partial charge in [-0.15, -0.1) is 12.3 Å². The Labute approximate surface area is 112 Å². The predicted molar refractivity (Wildman–Crippen MR) is 69.3 cm³/mol. The maximum absolute atomic E-state index is 11.5. The van der Waals surface area contributed by atoms with E-state index in [1.807, 2.05) is 6.92 Å². The normalized spacial score (nSPS) is 12.7. The monoisotopic (exact) mass is 269 g/mol. The molecule has 0 rings (SSSR count). The van der Waals surface area contributed by atoms with Gasteiger partial charge in [-0.25, -0.2) is 9.59 Å². The molecule has 4 N–H and O–H groups in total. The van der Waals surface area contributed by atoms with Crippen LogP contribution in [-0.4, -0.2) is 41.6 Å². The molecule has 0 aromatic carbocycles. The van der Waals surface area contributed by atoms with E-state index in [1.165, 1.54) is 6.92 Å². The lowest BCUT2D eigenvalue weighted by Gasteiger charge is -2.16. The van der Waals surface area contributed by atoms with Crippen LogP contribution in [-0.2, 0) is 9.59 Å². The van der Waals surface area contributed by atoms with Gasteiger partial charge < -0.3 is 21.1 Å². The van der Waals surface area contributed by atoms with E-state index in [1.54, 1.807) is 0 Å². The Bertz CT molecular complexity index is 376. The van der Waals surface area contributed by atoms with Crippen molar-refractivity contribution in [1.29, 1.82) is 0 Å². The topological polar surface area (TPSA) is 108 Å². The van der Waals surface area contributed by atoms with E-state index < -0.39 is 24.1 Å². The average molecular weight is 269 g/mol. The summed E-state index contributed by atoms with van der Waals surface area (Å²) in [5, 5.41) is 15.9. The van der Waals surface area contributed by atoms with Crippen LogP contribution in [0.5, 0.6) is 0 Å². The van der Waals surface area contributed by atoms with E-state index in [-0.39, 0.29) is 12.3 Å². The van der Waals surface area contributed by atoms with Gasteiger partial charge in [-0.2, -0.15) is 0 Å². The van der Waals surface area contributed by atoms with Gasteiger partial charge in [0, 0.05) is 13.0 Å². The molecule has 0 bridgehead atoms. The van der Waals surface area contributed by atoms with Gasteiger partial charge in [0.15, 0.2) is 0 Å². The van der Waals surface area contributed by atoms with Crippen molar-refractivity contribution in [3.63, 3.8) is 0 Å². The molecule has 2 atom stereocenters. The number of rotatable bonds is 7. The lowest BCUT2D eigenvalue weighted by atomic mass is 10.2. The first-order chi connectivity index (χ1) is 8.92. The van der Waals surface area contributed by atoms with E-state index in [2.05, 4.69) is 21.9 Å². The van der Waals surface area contributed by atoms with Crippen molar-refractivity contribution in [2.24, 2.45) is 0 Å². The molecule has 0 aromatic rings. The van der Waals surface area contributed by atoms with Gasteiger partial charge in [-0.05, 0) is 13.3 Å². The molecular formula is C12H19N3O4. The number of carboxylic acid groups (broad SMARTS) is 1. The highest BCUT2D eigenvalue weighted by atomic mass is 16.4. The second-order valence-corrected chi connectivity index (χ2v) is 3.93. The molecule has 0 fully saturated rings. The van der Waals surface area contributed by atoms with Crippen LogP contribution >= 0.6 is 0 Å². The third kappa shape index (κ3) is 6.93.